The average molecular weight is 365 g/mol. The third kappa shape index (κ3) is 3.66. The molecule has 0 atom stereocenters. The molecule has 26 heavy (non-hydrogen) atoms. The number of amides is 2. The van der Waals surface area contributed by atoms with E-state index in [9.17, 15) is 27.2 Å². The number of halogens is 4. The molecule has 1 aromatic heterocycles. The molecule has 0 aliphatic carbocycles. The Labute approximate surface area is 143 Å². The quantitative estimate of drug-likeness (QED) is 0.592. The van der Waals surface area contributed by atoms with E-state index in [-0.39, 0.29) is 11.2 Å². The minimum atomic E-state index is -4.63. The van der Waals surface area contributed by atoms with Crippen LogP contribution in [-0.2, 0) is 6.18 Å². The van der Waals surface area contributed by atoms with Gasteiger partial charge in [0.05, 0.1) is 16.8 Å². The Morgan fingerprint density at radius 3 is 2.46 bits per heavy atom. The summed E-state index contributed by atoms with van der Waals surface area (Å²) in [7, 11) is 0. The molecule has 0 fully saturated rings. The van der Waals surface area contributed by atoms with Gasteiger partial charge in [0.25, 0.3) is 0 Å². The molecule has 0 aliphatic rings. The number of benzene rings is 2. The number of carbonyl (C=O) groups is 1. The van der Waals surface area contributed by atoms with Crippen LogP contribution in [0.2, 0.25) is 0 Å². The molecular formula is C17H11F4N3O2. The minimum Gasteiger partial charge on any atom is -0.319 e. The van der Waals surface area contributed by atoms with Crippen LogP contribution in [0.4, 0.5) is 33.7 Å². The predicted molar refractivity (Wildman–Crippen MR) is 88.6 cm³/mol. The molecule has 0 unspecified atom stereocenters. The summed E-state index contributed by atoms with van der Waals surface area (Å²) in [4.78, 5) is 25.5. The van der Waals surface area contributed by atoms with E-state index in [1.54, 1.807) is 0 Å². The summed E-state index contributed by atoms with van der Waals surface area (Å²) < 4.78 is 52.8. The van der Waals surface area contributed by atoms with E-state index in [0.29, 0.717) is 5.39 Å². The number of carbonyl (C=O) groups excluding carboxylic acids is 1. The van der Waals surface area contributed by atoms with E-state index in [2.05, 4.69) is 15.6 Å². The summed E-state index contributed by atoms with van der Waals surface area (Å²) in [5.74, 6) is -0.786. The summed E-state index contributed by atoms with van der Waals surface area (Å²) >= 11 is 0. The maximum Gasteiger partial charge on any atom is 0.418 e. The van der Waals surface area contributed by atoms with Crippen molar-refractivity contribution >= 4 is 28.3 Å². The highest BCUT2D eigenvalue weighted by molar-refractivity contribution is 6.01. The number of urea groups is 1. The molecule has 1 heterocycles. The van der Waals surface area contributed by atoms with Crippen molar-refractivity contribution in [2.45, 2.75) is 6.18 Å². The average Bonchev–Trinajstić information content (AvgIpc) is 2.55. The molecule has 0 bridgehead atoms. The first kappa shape index (κ1) is 17.5. The number of fused-ring (bicyclic) bond motifs is 1. The summed E-state index contributed by atoms with van der Waals surface area (Å²) in [6.45, 7) is 0. The fourth-order valence-corrected chi connectivity index (χ4v) is 2.42. The van der Waals surface area contributed by atoms with Crippen LogP contribution in [-0.4, -0.2) is 11.0 Å². The molecule has 0 spiro atoms. The molecule has 0 saturated heterocycles. The number of hydrogen-bond acceptors (Lipinski definition) is 2. The Kier molecular flexibility index (Phi) is 4.37. The number of rotatable bonds is 2. The lowest BCUT2D eigenvalue weighted by molar-refractivity contribution is -0.136. The Hall–Kier alpha value is -3.36. The first-order chi connectivity index (χ1) is 12.2. The molecule has 2 aromatic carbocycles. The van der Waals surface area contributed by atoms with Crippen LogP contribution in [0.3, 0.4) is 0 Å². The van der Waals surface area contributed by atoms with Crippen LogP contribution in [0, 0.1) is 5.82 Å². The molecule has 0 radical (unpaired) electrons. The second kappa shape index (κ2) is 6.51. The zero-order chi connectivity index (χ0) is 18.9. The molecule has 9 heteroatoms. The van der Waals surface area contributed by atoms with E-state index in [1.165, 1.54) is 30.3 Å². The maximum atomic E-state index is 14.0. The first-order valence-electron chi connectivity index (χ1n) is 7.31. The third-order valence-corrected chi connectivity index (χ3v) is 3.52. The van der Waals surface area contributed by atoms with Gasteiger partial charge >= 0.3 is 12.2 Å². The van der Waals surface area contributed by atoms with Gasteiger partial charge in [-0.3, -0.25) is 4.79 Å². The highest BCUT2D eigenvalue weighted by Crippen LogP contribution is 2.34. The van der Waals surface area contributed by atoms with Crippen LogP contribution in [0.1, 0.15) is 5.56 Å². The fourth-order valence-electron chi connectivity index (χ4n) is 2.42. The molecule has 0 saturated carbocycles. The van der Waals surface area contributed by atoms with Gasteiger partial charge in [0, 0.05) is 17.1 Å². The van der Waals surface area contributed by atoms with Crippen molar-refractivity contribution in [3.63, 3.8) is 0 Å². The monoisotopic (exact) mass is 365 g/mol. The summed E-state index contributed by atoms with van der Waals surface area (Å²) in [5, 5.41) is 4.67. The van der Waals surface area contributed by atoms with E-state index in [4.69, 9.17) is 0 Å². The van der Waals surface area contributed by atoms with Gasteiger partial charge in [-0.25, -0.2) is 9.18 Å². The summed E-state index contributed by atoms with van der Waals surface area (Å²) in [6, 6.07) is 8.39. The normalized spacial score (nSPS) is 11.4. The molecule has 3 aromatic rings. The van der Waals surface area contributed by atoms with Gasteiger partial charge in [0.15, 0.2) is 0 Å². The van der Waals surface area contributed by atoms with Crippen molar-refractivity contribution in [3.05, 3.63) is 70.3 Å². The fraction of sp³-hybridized carbons (Fsp3) is 0.0588. The molecule has 3 rings (SSSR count). The van der Waals surface area contributed by atoms with Crippen LogP contribution in [0.15, 0.2) is 53.3 Å². The molecule has 3 N–H and O–H groups in total. The van der Waals surface area contributed by atoms with Crippen LogP contribution >= 0.6 is 0 Å². The molecule has 0 aliphatic heterocycles. The number of para-hydroxylation sites is 1. The number of H-pyrrole nitrogens is 1. The number of aromatic nitrogens is 1. The smallest absolute Gasteiger partial charge is 0.319 e. The van der Waals surface area contributed by atoms with Gasteiger partial charge in [-0.1, -0.05) is 12.1 Å². The minimum absolute atomic E-state index is 0.0176. The Bertz CT molecular complexity index is 1040. The van der Waals surface area contributed by atoms with E-state index >= 15 is 0 Å². The summed E-state index contributed by atoms with van der Waals surface area (Å²) in [5.41, 5.74) is -1.94. The van der Waals surface area contributed by atoms with Gasteiger partial charge in [0.1, 0.15) is 5.82 Å². The Balaban J connectivity index is 1.84. The standard InChI is InChI=1S/C17H11F4N3O2/c18-12-8-10(7-9-5-6-14(25)24-15(9)12)22-16(26)23-13-4-2-1-3-11(13)17(19,20)21/h1-8H,(H,24,25)(H2,22,23,26). The lowest BCUT2D eigenvalue weighted by atomic mass is 10.1. The number of aromatic amines is 1. The van der Waals surface area contributed by atoms with Crippen LogP contribution in [0.25, 0.3) is 10.9 Å². The molecule has 134 valence electrons. The first-order valence-corrected chi connectivity index (χ1v) is 7.31. The van der Waals surface area contributed by atoms with Gasteiger partial charge in [-0.05, 0) is 30.3 Å². The van der Waals surface area contributed by atoms with Crippen molar-refractivity contribution in [1.29, 1.82) is 0 Å². The second-order valence-electron chi connectivity index (χ2n) is 5.37. The molecular weight excluding hydrogens is 354 g/mol. The maximum absolute atomic E-state index is 14.0. The van der Waals surface area contributed by atoms with Crippen LogP contribution < -0.4 is 16.2 Å². The van der Waals surface area contributed by atoms with Crippen molar-refractivity contribution in [1.82, 2.24) is 4.98 Å². The lowest BCUT2D eigenvalue weighted by Crippen LogP contribution is -2.22. The lowest BCUT2D eigenvalue weighted by Gasteiger charge is -2.14. The highest BCUT2D eigenvalue weighted by atomic mass is 19.4. The molecule has 5 nitrogen and oxygen atoms in total. The van der Waals surface area contributed by atoms with E-state index in [0.717, 1.165) is 18.2 Å². The Morgan fingerprint density at radius 2 is 1.73 bits per heavy atom. The third-order valence-electron chi connectivity index (χ3n) is 3.52. The SMILES string of the molecule is O=C(Nc1cc(F)c2[nH]c(=O)ccc2c1)Nc1ccccc1C(F)(F)F. The molecule has 2 amide bonds. The van der Waals surface area contributed by atoms with Gasteiger partial charge in [-0.2, -0.15) is 13.2 Å². The zero-order valence-corrected chi connectivity index (χ0v) is 12.9. The van der Waals surface area contributed by atoms with Crippen molar-refractivity contribution in [2.75, 3.05) is 10.6 Å². The van der Waals surface area contributed by atoms with E-state index in [1.807, 2.05) is 0 Å². The Morgan fingerprint density at radius 1 is 1.00 bits per heavy atom. The number of anilines is 2. The zero-order valence-electron chi connectivity index (χ0n) is 12.9. The van der Waals surface area contributed by atoms with Crippen molar-refractivity contribution in [3.8, 4) is 0 Å². The summed E-state index contributed by atoms with van der Waals surface area (Å²) in [6.07, 6.45) is -4.63. The van der Waals surface area contributed by atoms with Crippen LogP contribution in [0.5, 0.6) is 0 Å². The number of hydrogen-bond donors (Lipinski definition) is 3. The van der Waals surface area contributed by atoms with Gasteiger partial charge < -0.3 is 15.6 Å². The largest absolute Gasteiger partial charge is 0.418 e. The predicted octanol–water partition coefficient (Wildman–Crippen LogP) is 4.33. The van der Waals surface area contributed by atoms with Crippen molar-refractivity contribution in [2.24, 2.45) is 0 Å². The van der Waals surface area contributed by atoms with Crippen molar-refractivity contribution < 1.29 is 22.4 Å². The number of nitrogens with one attached hydrogen (secondary N) is 3. The second-order valence-corrected chi connectivity index (χ2v) is 5.37. The van der Waals surface area contributed by atoms with Gasteiger partial charge in [0.2, 0.25) is 5.56 Å². The topological polar surface area (TPSA) is 74.0 Å². The van der Waals surface area contributed by atoms with Gasteiger partial charge in [-0.15, -0.1) is 0 Å². The highest BCUT2D eigenvalue weighted by Gasteiger charge is 2.33. The number of pyridine rings is 1. The number of alkyl halides is 3. The van der Waals surface area contributed by atoms with E-state index < -0.39 is 34.8 Å².